The maximum absolute atomic E-state index is 12.5. The van der Waals surface area contributed by atoms with E-state index in [0.29, 0.717) is 4.90 Å². The molecule has 1 aromatic carbocycles. The summed E-state index contributed by atoms with van der Waals surface area (Å²) >= 11 is 1.61. The minimum atomic E-state index is -3.50. The van der Waals surface area contributed by atoms with Gasteiger partial charge in [0.15, 0.2) is 0 Å². The van der Waals surface area contributed by atoms with Gasteiger partial charge >= 0.3 is 0 Å². The van der Waals surface area contributed by atoms with Crippen LogP contribution in [0.4, 0.5) is 5.69 Å². The van der Waals surface area contributed by atoms with Crippen LogP contribution >= 0.6 is 11.3 Å². The summed E-state index contributed by atoms with van der Waals surface area (Å²) in [7, 11) is -3.50. The number of aryl methyl sites for hydroxylation is 1. The summed E-state index contributed by atoms with van der Waals surface area (Å²) < 4.78 is 27.7. The van der Waals surface area contributed by atoms with E-state index < -0.39 is 10.0 Å². The van der Waals surface area contributed by atoms with Crippen LogP contribution in [0.3, 0.4) is 0 Å². The quantitative estimate of drug-likeness (QED) is 0.909. The first-order valence-corrected chi connectivity index (χ1v) is 9.21. The van der Waals surface area contributed by atoms with Gasteiger partial charge in [0.05, 0.1) is 10.9 Å². The molecule has 1 aromatic heterocycles. The maximum Gasteiger partial charge on any atom is 0.241 e. The molecule has 2 aromatic rings. The van der Waals surface area contributed by atoms with E-state index in [-0.39, 0.29) is 6.04 Å². The Kier molecular flexibility index (Phi) is 3.77. The molecular formula is C15H18N2O2S2. The fraction of sp³-hybridized carbons (Fsp3) is 0.333. The minimum absolute atomic E-state index is 0.227. The average molecular weight is 322 g/mol. The van der Waals surface area contributed by atoms with Gasteiger partial charge in [0.25, 0.3) is 0 Å². The van der Waals surface area contributed by atoms with E-state index in [4.69, 9.17) is 0 Å². The molecule has 0 fully saturated rings. The van der Waals surface area contributed by atoms with E-state index >= 15 is 0 Å². The van der Waals surface area contributed by atoms with Crippen LogP contribution in [0.2, 0.25) is 0 Å². The summed E-state index contributed by atoms with van der Waals surface area (Å²) in [6.45, 7) is 4.76. The molecule has 3 rings (SSSR count). The lowest BCUT2D eigenvalue weighted by Crippen LogP contribution is -2.26. The highest BCUT2D eigenvalue weighted by molar-refractivity contribution is 7.89. The predicted molar refractivity (Wildman–Crippen MR) is 86.4 cm³/mol. The van der Waals surface area contributed by atoms with Crippen LogP contribution in [0, 0.1) is 6.92 Å². The molecule has 0 bridgehead atoms. The standard InChI is InChI=1S/C15H18N2O2S2/c1-10-3-6-15(20-10)11(2)17-21(18,19)13-5-4-12-7-8-16-14(12)9-13/h3-6,9,11,16-17H,7-8H2,1-2H3. The Labute approximate surface area is 129 Å². The molecule has 1 aliphatic rings. The molecule has 1 unspecified atom stereocenters. The number of sulfonamides is 1. The van der Waals surface area contributed by atoms with Crippen molar-refractivity contribution in [2.45, 2.75) is 31.2 Å². The molecule has 4 nitrogen and oxygen atoms in total. The number of benzene rings is 1. The second-order valence-corrected chi connectivity index (χ2v) is 8.32. The van der Waals surface area contributed by atoms with Gasteiger partial charge in [-0.3, -0.25) is 0 Å². The third-order valence-corrected chi connectivity index (χ3v) is 6.34. The van der Waals surface area contributed by atoms with Crippen molar-refractivity contribution in [3.8, 4) is 0 Å². The highest BCUT2D eigenvalue weighted by Crippen LogP contribution is 2.27. The Morgan fingerprint density at radius 3 is 2.81 bits per heavy atom. The number of hydrogen-bond acceptors (Lipinski definition) is 4. The van der Waals surface area contributed by atoms with Crippen LogP contribution in [-0.2, 0) is 16.4 Å². The average Bonchev–Trinajstić information content (AvgIpc) is 3.05. The van der Waals surface area contributed by atoms with Gasteiger partial charge < -0.3 is 5.32 Å². The number of fused-ring (bicyclic) bond motifs is 1. The normalized spacial score (nSPS) is 15.5. The van der Waals surface area contributed by atoms with E-state index in [2.05, 4.69) is 10.0 Å². The Morgan fingerprint density at radius 2 is 2.10 bits per heavy atom. The summed E-state index contributed by atoms with van der Waals surface area (Å²) in [5.74, 6) is 0. The number of hydrogen-bond donors (Lipinski definition) is 2. The molecule has 0 saturated heterocycles. The molecule has 6 heteroatoms. The molecule has 2 heterocycles. The Balaban J connectivity index is 1.83. The predicted octanol–water partition coefficient (Wildman–Crippen LogP) is 3.06. The van der Waals surface area contributed by atoms with E-state index in [1.54, 1.807) is 23.5 Å². The molecule has 0 radical (unpaired) electrons. The van der Waals surface area contributed by atoms with Gasteiger partial charge in [-0.25, -0.2) is 13.1 Å². The molecule has 112 valence electrons. The highest BCUT2D eigenvalue weighted by Gasteiger charge is 2.21. The Bertz CT molecular complexity index is 766. The second kappa shape index (κ2) is 5.44. The van der Waals surface area contributed by atoms with Crippen LogP contribution in [0.5, 0.6) is 0 Å². The Hall–Kier alpha value is -1.37. The first kappa shape index (κ1) is 14.6. The Morgan fingerprint density at radius 1 is 1.29 bits per heavy atom. The summed E-state index contributed by atoms with van der Waals surface area (Å²) in [4.78, 5) is 2.52. The summed E-state index contributed by atoms with van der Waals surface area (Å²) in [5, 5.41) is 3.21. The van der Waals surface area contributed by atoms with Crippen LogP contribution in [0.25, 0.3) is 0 Å². The summed E-state index contributed by atoms with van der Waals surface area (Å²) in [5.41, 5.74) is 2.10. The molecule has 2 N–H and O–H groups in total. The van der Waals surface area contributed by atoms with Gasteiger partial charge in [0.1, 0.15) is 0 Å². The van der Waals surface area contributed by atoms with Crippen molar-refractivity contribution in [1.29, 1.82) is 0 Å². The first-order chi connectivity index (χ1) is 9.95. The van der Waals surface area contributed by atoms with Crippen molar-refractivity contribution in [3.05, 3.63) is 45.6 Å². The molecule has 1 aliphatic heterocycles. The fourth-order valence-electron chi connectivity index (χ4n) is 2.48. The van der Waals surface area contributed by atoms with Gasteiger partial charge in [-0.2, -0.15) is 0 Å². The summed E-state index contributed by atoms with van der Waals surface area (Å²) in [6.07, 6.45) is 0.952. The van der Waals surface area contributed by atoms with Gasteiger partial charge in [-0.1, -0.05) is 6.07 Å². The zero-order valence-corrected chi connectivity index (χ0v) is 13.6. The smallest absolute Gasteiger partial charge is 0.241 e. The molecule has 0 saturated carbocycles. The number of thiophene rings is 1. The summed E-state index contributed by atoms with van der Waals surface area (Å²) in [6, 6.07) is 9.04. The van der Waals surface area contributed by atoms with E-state index in [9.17, 15) is 8.42 Å². The fourth-order valence-corrected chi connectivity index (χ4v) is 4.69. The van der Waals surface area contributed by atoms with Crippen molar-refractivity contribution < 1.29 is 8.42 Å². The van der Waals surface area contributed by atoms with E-state index in [1.807, 2.05) is 32.0 Å². The monoisotopic (exact) mass is 322 g/mol. The highest BCUT2D eigenvalue weighted by atomic mass is 32.2. The molecule has 21 heavy (non-hydrogen) atoms. The van der Waals surface area contributed by atoms with Gasteiger partial charge in [0, 0.05) is 22.0 Å². The third kappa shape index (κ3) is 2.97. The molecule has 1 atom stereocenters. The zero-order valence-electron chi connectivity index (χ0n) is 12.0. The molecule has 0 amide bonds. The number of anilines is 1. The molecular weight excluding hydrogens is 304 g/mol. The van der Waals surface area contributed by atoms with Crippen molar-refractivity contribution >= 4 is 27.0 Å². The molecule has 0 aliphatic carbocycles. The van der Waals surface area contributed by atoms with Gasteiger partial charge in [0.2, 0.25) is 10.0 Å². The SMILES string of the molecule is Cc1ccc(C(C)NS(=O)(=O)c2ccc3c(c2)NCC3)s1. The van der Waals surface area contributed by atoms with E-state index in [0.717, 1.165) is 23.5 Å². The minimum Gasteiger partial charge on any atom is -0.384 e. The van der Waals surface area contributed by atoms with Crippen LogP contribution < -0.4 is 10.0 Å². The lowest BCUT2D eigenvalue weighted by Gasteiger charge is -2.13. The van der Waals surface area contributed by atoms with Crippen molar-refractivity contribution in [2.75, 3.05) is 11.9 Å². The van der Waals surface area contributed by atoms with Gasteiger partial charge in [-0.05, 0) is 50.1 Å². The third-order valence-electron chi connectivity index (χ3n) is 3.62. The zero-order chi connectivity index (χ0) is 15.0. The van der Waals surface area contributed by atoms with Crippen LogP contribution in [0.15, 0.2) is 35.2 Å². The number of rotatable bonds is 4. The van der Waals surface area contributed by atoms with Crippen molar-refractivity contribution in [1.82, 2.24) is 4.72 Å². The van der Waals surface area contributed by atoms with Gasteiger partial charge in [-0.15, -0.1) is 11.3 Å². The van der Waals surface area contributed by atoms with Crippen LogP contribution in [0.1, 0.15) is 28.3 Å². The number of nitrogens with one attached hydrogen (secondary N) is 2. The second-order valence-electron chi connectivity index (χ2n) is 5.29. The van der Waals surface area contributed by atoms with E-state index in [1.165, 1.54) is 10.4 Å². The topological polar surface area (TPSA) is 58.2 Å². The first-order valence-electron chi connectivity index (χ1n) is 6.91. The van der Waals surface area contributed by atoms with Crippen molar-refractivity contribution in [3.63, 3.8) is 0 Å². The van der Waals surface area contributed by atoms with Crippen molar-refractivity contribution in [2.24, 2.45) is 0 Å². The lowest BCUT2D eigenvalue weighted by molar-refractivity contribution is 0.568. The largest absolute Gasteiger partial charge is 0.384 e. The molecule has 0 spiro atoms. The maximum atomic E-state index is 12.5. The van der Waals surface area contributed by atoms with Crippen LogP contribution in [-0.4, -0.2) is 15.0 Å². The lowest BCUT2D eigenvalue weighted by atomic mass is 10.2.